The van der Waals surface area contributed by atoms with Crippen LogP contribution in [0, 0.1) is 0 Å². The van der Waals surface area contributed by atoms with Crippen LogP contribution in [0.25, 0.3) is 0 Å². The Hall–Kier alpha value is -0.640. The second-order valence-corrected chi connectivity index (χ2v) is 8.37. The van der Waals surface area contributed by atoms with Crippen LogP contribution in [-0.2, 0) is 23.7 Å². The standard InChI is InChI=1S/C18H32O16/c19-1-4-7(21)9(23)13(27)17(32-4)30-3-6-15(11(25)12(26)16(29)31-6)34-18-14(28)10(24)8(22)5(2-20)33-18/h4-29H,1-3H2/t4-,5-,6+,7-,8-,9+,10+,11+,12+,13-,14-,15+,16+,17-,18+/m0/s1. The van der Waals surface area contributed by atoms with E-state index in [9.17, 15) is 56.2 Å². The summed E-state index contributed by atoms with van der Waals surface area (Å²) in [7, 11) is 0. The van der Waals surface area contributed by atoms with Crippen molar-refractivity contribution in [2.75, 3.05) is 19.8 Å². The van der Waals surface area contributed by atoms with Gasteiger partial charge in [-0.1, -0.05) is 0 Å². The topological polar surface area (TPSA) is 269 Å². The van der Waals surface area contributed by atoms with Gasteiger partial charge in [0.2, 0.25) is 0 Å². The second-order valence-electron chi connectivity index (χ2n) is 8.37. The third-order valence-corrected chi connectivity index (χ3v) is 6.07. The second kappa shape index (κ2) is 11.6. The lowest BCUT2D eigenvalue weighted by molar-refractivity contribution is -0.363. The van der Waals surface area contributed by atoms with Gasteiger partial charge in [0.05, 0.1) is 19.8 Å². The average molecular weight is 504 g/mol. The highest BCUT2D eigenvalue weighted by atomic mass is 16.7. The van der Waals surface area contributed by atoms with E-state index in [4.69, 9.17) is 23.7 Å². The molecule has 11 N–H and O–H groups in total. The third kappa shape index (κ3) is 5.52. The van der Waals surface area contributed by atoms with Crippen LogP contribution in [0.2, 0.25) is 0 Å². The van der Waals surface area contributed by atoms with Crippen LogP contribution in [0.15, 0.2) is 0 Å². The minimum absolute atomic E-state index is 0.619. The van der Waals surface area contributed by atoms with Gasteiger partial charge < -0.3 is 79.9 Å². The molecule has 0 saturated carbocycles. The smallest absolute Gasteiger partial charge is 0.187 e. The van der Waals surface area contributed by atoms with Crippen LogP contribution < -0.4 is 0 Å². The molecule has 0 aliphatic carbocycles. The van der Waals surface area contributed by atoms with Gasteiger partial charge >= 0.3 is 0 Å². The van der Waals surface area contributed by atoms with Gasteiger partial charge in [0.25, 0.3) is 0 Å². The van der Waals surface area contributed by atoms with E-state index in [1.807, 2.05) is 0 Å². The van der Waals surface area contributed by atoms with Crippen molar-refractivity contribution in [3.8, 4) is 0 Å². The molecule has 34 heavy (non-hydrogen) atoms. The molecule has 15 atom stereocenters. The maximum absolute atomic E-state index is 10.4. The van der Waals surface area contributed by atoms with Gasteiger partial charge in [-0.15, -0.1) is 0 Å². The van der Waals surface area contributed by atoms with E-state index in [1.165, 1.54) is 0 Å². The molecule has 3 aliphatic rings. The van der Waals surface area contributed by atoms with Crippen molar-refractivity contribution >= 4 is 0 Å². The first-order chi connectivity index (χ1) is 16.0. The molecular weight excluding hydrogens is 472 g/mol. The van der Waals surface area contributed by atoms with Gasteiger partial charge in [0.1, 0.15) is 73.2 Å². The molecule has 0 aromatic carbocycles. The summed E-state index contributed by atoms with van der Waals surface area (Å²) in [5, 5.41) is 109. The van der Waals surface area contributed by atoms with Gasteiger partial charge in [0, 0.05) is 0 Å². The van der Waals surface area contributed by atoms with Crippen LogP contribution >= 0.6 is 0 Å². The molecule has 3 fully saturated rings. The van der Waals surface area contributed by atoms with E-state index in [-0.39, 0.29) is 0 Å². The average Bonchev–Trinajstić information content (AvgIpc) is 2.82. The zero-order valence-corrected chi connectivity index (χ0v) is 17.7. The van der Waals surface area contributed by atoms with Crippen molar-refractivity contribution in [3.63, 3.8) is 0 Å². The maximum Gasteiger partial charge on any atom is 0.187 e. The van der Waals surface area contributed by atoms with Gasteiger partial charge in [0.15, 0.2) is 18.9 Å². The van der Waals surface area contributed by atoms with Gasteiger partial charge in [-0.3, -0.25) is 0 Å². The molecule has 3 saturated heterocycles. The van der Waals surface area contributed by atoms with E-state index in [0.717, 1.165) is 0 Å². The van der Waals surface area contributed by atoms with E-state index >= 15 is 0 Å². The van der Waals surface area contributed by atoms with Crippen LogP contribution in [0.4, 0.5) is 0 Å². The Labute approximate surface area is 192 Å². The van der Waals surface area contributed by atoms with Crippen molar-refractivity contribution in [2.24, 2.45) is 0 Å². The van der Waals surface area contributed by atoms with Crippen molar-refractivity contribution in [2.45, 2.75) is 92.1 Å². The summed E-state index contributed by atoms with van der Waals surface area (Å²) in [6.45, 7) is -2.08. The molecule has 0 unspecified atom stereocenters. The van der Waals surface area contributed by atoms with Gasteiger partial charge in [-0.25, -0.2) is 0 Å². The molecule has 0 aromatic heterocycles. The number of aliphatic hydroxyl groups is 11. The van der Waals surface area contributed by atoms with Crippen molar-refractivity contribution in [1.82, 2.24) is 0 Å². The Morgan fingerprint density at radius 3 is 1.53 bits per heavy atom. The van der Waals surface area contributed by atoms with E-state index in [2.05, 4.69) is 0 Å². The van der Waals surface area contributed by atoms with Crippen LogP contribution in [-0.4, -0.2) is 168 Å². The molecule has 3 heterocycles. The van der Waals surface area contributed by atoms with Crippen molar-refractivity contribution in [1.29, 1.82) is 0 Å². The molecule has 0 amide bonds. The molecule has 200 valence electrons. The quantitative estimate of drug-likeness (QED) is 0.154. The lowest BCUT2D eigenvalue weighted by Crippen LogP contribution is -2.65. The van der Waals surface area contributed by atoms with Gasteiger partial charge in [-0.05, 0) is 0 Å². The molecule has 3 rings (SSSR count). The normalized spacial score (nSPS) is 52.5. The fraction of sp³-hybridized carbons (Fsp3) is 1.00. The predicted octanol–water partition coefficient (Wildman–Crippen LogP) is -7.57. The monoisotopic (exact) mass is 504 g/mol. The summed E-state index contributed by atoms with van der Waals surface area (Å²) >= 11 is 0. The molecule has 0 bridgehead atoms. The number of aliphatic hydroxyl groups excluding tert-OH is 11. The summed E-state index contributed by atoms with van der Waals surface area (Å²) < 4.78 is 26.4. The molecule has 0 spiro atoms. The van der Waals surface area contributed by atoms with Crippen LogP contribution in [0.5, 0.6) is 0 Å². The van der Waals surface area contributed by atoms with Crippen molar-refractivity contribution < 1.29 is 79.9 Å². The third-order valence-electron chi connectivity index (χ3n) is 6.07. The predicted molar refractivity (Wildman–Crippen MR) is 101 cm³/mol. The number of hydrogen-bond acceptors (Lipinski definition) is 16. The fourth-order valence-electron chi connectivity index (χ4n) is 3.95. The first kappa shape index (κ1) is 27.9. The first-order valence-corrected chi connectivity index (χ1v) is 10.6. The molecule has 16 nitrogen and oxygen atoms in total. The van der Waals surface area contributed by atoms with Crippen molar-refractivity contribution in [3.05, 3.63) is 0 Å². The molecule has 0 aromatic rings. The number of ether oxygens (including phenoxy) is 5. The summed E-state index contributed by atoms with van der Waals surface area (Å²) in [4.78, 5) is 0. The van der Waals surface area contributed by atoms with E-state index in [0.29, 0.717) is 0 Å². The van der Waals surface area contributed by atoms with Crippen LogP contribution in [0.3, 0.4) is 0 Å². The minimum Gasteiger partial charge on any atom is -0.394 e. The zero-order valence-electron chi connectivity index (χ0n) is 17.7. The molecular formula is C18H32O16. The fourth-order valence-corrected chi connectivity index (χ4v) is 3.95. The Morgan fingerprint density at radius 2 is 1.00 bits per heavy atom. The summed E-state index contributed by atoms with van der Waals surface area (Å²) in [5.74, 6) is 0. The maximum atomic E-state index is 10.4. The van der Waals surface area contributed by atoms with E-state index in [1.54, 1.807) is 0 Å². The first-order valence-electron chi connectivity index (χ1n) is 10.6. The minimum atomic E-state index is -1.91. The Bertz CT molecular complexity index is 637. The van der Waals surface area contributed by atoms with E-state index < -0.39 is 112 Å². The number of hydrogen-bond donors (Lipinski definition) is 11. The SMILES string of the molecule is OC[C@@H]1O[C@H](OC[C@H]2O[C@@H](O)[C@H](O)[C@@H](O)[C@@H]2O[C@H]2O[C@@H](CO)[C@H](O)[C@@H](O)[C@@H]2O)[C@@H](O)[C@H](O)[C@H]1O. The Balaban J connectivity index is 1.72. The summed E-state index contributed by atoms with van der Waals surface area (Å²) in [6, 6.07) is 0. The van der Waals surface area contributed by atoms with Gasteiger partial charge in [-0.2, -0.15) is 0 Å². The summed E-state index contributed by atoms with van der Waals surface area (Å²) in [5.41, 5.74) is 0. The molecule has 3 aliphatic heterocycles. The lowest BCUT2D eigenvalue weighted by Gasteiger charge is -2.46. The molecule has 0 radical (unpaired) electrons. The number of rotatable bonds is 7. The van der Waals surface area contributed by atoms with Crippen LogP contribution in [0.1, 0.15) is 0 Å². The lowest BCUT2D eigenvalue weighted by atomic mass is 9.97. The molecule has 16 heteroatoms. The highest BCUT2D eigenvalue weighted by Crippen LogP contribution is 2.30. The summed E-state index contributed by atoms with van der Waals surface area (Å²) in [6.07, 6.45) is -25.0. The highest BCUT2D eigenvalue weighted by Gasteiger charge is 2.51. The largest absolute Gasteiger partial charge is 0.394 e. The Morgan fingerprint density at radius 1 is 0.500 bits per heavy atom. The zero-order chi connectivity index (χ0) is 25.3. The Kier molecular flexibility index (Phi) is 9.54. The highest BCUT2D eigenvalue weighted by molar-refractivity contribution is 4.94.